The molecule has 2 nitrogen and oxygen atoms in total. The van der Waals surface area contributed by atoms with Gasteiger partial charge in [0.15, 0.2) is 0 Å². The number of aryl methyl sites for hydroxylation is 1. The van der Waals surface area contributed by atoms with Gasteiger partial charge in [0.25, 0.3) is 0 Å². The molecule has 0 aliphatic heterocycles. The van der Waals surface area contributed by atoms with Crippen LogP contribution in [0.15, 0.2) is 42.5 Å². The molecule has 0 radical (unpaired) electrons. The highest BCUT2D eigenvalue weighted by molar-refractivity contribution is 7.13. The van der Waals surface area contributed by atoms with E-state index in [9.17, 15) is 4.79 Å². The maximum atomic E-state index is 11.6. The fourth-order valence-electron chi connectivity index (χ4n) is 4.32. The Bertz CT molecular complexity index is 812. The summed E-state index contributed by atoms with van der Waals surface area (Å²) in [6.07, 6.45) is 4.64. The summed E-state index contributed by atoms with van der Waals surface area (Å²) in [7, 11) is 1.43. The first-order valence-corrected chi connectivity index (χ1v) is 10.6. The fraction of sp³-hybridized carbons (Fsp3) is 0.458. The highest BCUT2D eigenvalue weighted by Gasteiger charge is 2.37. The Morgan fingerprint density at radius 2 is 1.93 bits per heavy atom. The number of rotatable bonds is 5. The third-order valence-corrected chi connectivity index (χ3v) is 6.84. The van der Waals surface area contributed by atoms with Crippen molar-refractivity contribution in [1.82, 2.24) is 0 Å². The van der Waals surface area contributed by atoms with Gasteiger partial charge in [0.05, 0.1) is 7.11 Å². The molecule has 0 bridgehead atoms. The third kappa shape index (κ3) is 5.02. The largest absolute Gasteiger partial charge is 0.465 e. The first kappa shape index (κ1) is 19.7. The second-order valence-electron chi connectivity index (χ2n) is 7.67. The molecule has 1 heterocycles. The lowest BCUT2D eigenvalue weighted by molar-refractivity contribution is 0.0606. The molecular weight excluding hydrogens is 352 g/mol. The predicted octanol–water partition coefficient (Wildman–Crippen LogP) is 5.82. The van der Waals surface area contributed by atoms with Gasteiger partial charge >= 0.3 is 5.97 Å². The topological polar surface area (TPSA) is 26.3 Å². The number of carbonyl (C=O) groups is 1. The van der Waals surface area contributed by atoms with Crippen molar-refractivity contribution in [2.75, 3.05) is 7.11 Å². The zero-order valence-corrected chi connectivity index (χ0v) is 17.2. The van der Waals surface area contributed by atoms with E-state index in [0.717, 1.165) is 24.3 Å². The van der Waals surface area contributed by atoms with Crippen LogP contribution in [-0.2, 0) is 11.2 Å². The van der Waals surface area contributed by atoms with Gasteiger partial charge in [-0.05, 0) is 67.7 Å². The SMILES string of the molecule is COC(=O)c1ccc(CCC[C@@H]2[C@@H](C#Cc3ccccc3)[C@H](C)C[C@@H]2C)s1. The minimum atomic E-state index is -0.235. The van der Waals surface area contributed by atoms with Crippen LogP contribution in [0.4, 0.5) is 0 Å². The molecule has 1 fully saturated rings. The van der Waals surface area contributed by atoms with Crippen LogP contribution >= 0.6 is 11.3 Å². The Hall–Kier alpha value is -2.05. The second kappa shape index (κ2) is 9.24. The van der Waals surface area contributed by atoms with Gasteiger partial charge in [-0.25, -0.2) is 4.79 Å². The molecule has 4 atom stereocenters. The lowest BCUT2D eigenvalue weighted by atomic mass is 9.84. The molecule has 3 heteroatoms. The molecule has 1 aromatic heterocycles. The van der Waals surface area contributed by atoms with Gasteiger partial charge in [0, 0.05) is 16.4 Å². The summed E-state index contributed by atoms with van der Waals surface area (Å²) >= 11 is 1.56. The van der Waals surface area contributed by atoms with Gasteiger partial charge in [-0.2, -0.15) is 0 Å². The second-order valence-corrected chi connectivity index (χ2v) is 8.83. The summed E-state index contributed by atoms with van der Waals surface area (Å²) in [5, 5.41) is 0. The van der Waals surface area contributed by atoms with Crippen LogP contribution in [0.5, 0.6) is 0 Å². The van der Waals surface area contributed by atoms with Crippen molar-refractivity contribution in [2.45, 2.75) is 39.5 Å². The fourth-order valence-corrected chi connectivity index (χ4v) is 5.29. The van der Waals surface area contributed by atoms with E-state index in [0.29, 0.717) is 22.6 Å². The van der Waals surface area contributed by atoms with E-state index in [4.69, 9.17) is 4.74 Å². The Labute approximate surface area is 167 Å². The smallest absolute Gasteiger partial charge is 0.348 e. The van der Waals surface area contributed by atoms with E-state index < -0.39 is 0 Å². The van der Waals surface area contributed by atoms with E-state index in [-0.39, 0.29) is 5.97 Å². The number of esters is 1. The standard InChI is InChI=1S/C24H28O2S/c1-17-16-18(2)22(14-12-19-8-5-4-6-9-19)21(17)11-7-10-20-13-15-23(27-20)24(25)26-3/h4-6,8-9,13,15,17-18,21-22H,7,10-11,16H2,1-3H3/t17-,18+,21-,22-/m0/s1. The summed E-state index contributed by atoms with van der Waals surface area (Å²) < 4.78 is 4.79. The van der Waals surface area contributed by atoms with Crippen molar-refractivity contribution in [3.05, 3.63) is 57.8 Å². The Kier molecular flexibility index (Phi) is 6.74. The summed E-state index contributed by atoms with van der Waals surface area (Å²) in [6, 6.07) is 14.2. The van der Waals surface area contributed by atoms with Crippen molar-refractivity contribution >= 4 is 17.3 Å². The average Bonchev–Trinajstić information content (AvgIpc) is 3.25. The van der Waals surface area contributed by atoms with Crippen LogP contribution in [0, 0.1) is 35.5 Å². The highest BCUT2D eigenvalue weighted by Crippen LogP contribution is 2.43. The predicted molar refractivity (Wildman–Crippen MR) is 112 cm³/mol. The first-order chi connectivity index (χ1) is 13.1. The van der Waals surface area contributed by atoms with Crippen LogP contribution in [0.1, 0.15) is 53.2 Å². The van der Waals surface area contributed by atoms with E-state index in [1.165, 1.54) is 24.8 Å². The minimum absolute atomic E-state index is 0.235. The molecule has 0 unspecified atom stereocenters. The molecule has 0 amide bonds. The summed E-state index contributed by atoms with van der Waals surface area (Å²) in [5.74, 6) is 9.29. The maximum absolute atomic E-state index is 11.6. The normalized spacial score (nSPS) is 24.3. The number of thiophene rings is 1. The molecular formula is C24H28O2S. The van der Waals surface area contributed by atoms with Crippen LogP contribution in [-0.4, -0.2) is 13.1 Å². The number of methoxy groups -OCH3 is 1. The average molecular weight is 381 g/mol. The van der Waals surface area contributed by atoms with Crippen molar-refractivity contribution in [3.8, 4) is 11.8 Å². The Morgan fingerprint density at radius 3 is 2.67 bits per heavy atom. The van der Waals surface area contributed by atoms with E-state index >= 15 is 0 Å². The molecule has 1 saturated carbocycles. The van der Waals surface area contributed by atoms with E-state index in [1.807, 2.05) is 24.3 Å². The summed E-state index contributed by atoms with van der Waals surface area (Å²) in [5.41, 5.74) is 1.11. The Morgan fingerprint density at radius 1 is 1.15 bits per heavy atom. The van der Waals surface area contributed by atoms with E-state index in [1.54, 1.807) is 11.3 Å². The highest BCUT2D eigenvalue weighted by atomic mass is 32.1. The van der Waals surface area contributed by atoms with Crippen molar-refractivity contribution < 1.29 is 9.53 Å². The van der Waals surface area contributed by atoms with Gasteiger partial charge < -0.3 is 4.74 Å². The van der Waals surface area contributed by atoms with Gasteiger partial charge in [-0.1, -0.05) is 43.9 Å². The van der Waals surface area contributed by atoms with Gasteiger partial charge in [0.1, 0.15) is 4.88 Å². The monoisotopic (exact) mass is 380 g/mol. The number of hydrogen-bond donors (Lipinski definition) is 0. The molecule has 1 aliphatic rings. The lowest BCUT2D eigenvalue weighted by Crippen LogP contribution is -2.14. The molecule has 142 valence electrons. The minimum Gasteiger partial charge on any atom is -0.465 e. The lowest BCUT2D eigenvalue weighted by Gasteiger charge is -2.20. The first-order valence-electron chi connectivity index (χ1n) is 9.82. The number of carbonyl (C=O) groups excluding carboxylic acids is 1. The number of ether oxygens (including phenoxy) is 1. The van der Waals surface area contributed by atoms with Crippen molar-refractivity contribution in [1.29, 1.82) is 0 Å². The van der Waals surface area contributed by atoms with Gasteiger partial charge in [-0.15, -0.1) is 11.3 Å². The van der Waals surface area contributed by atoms with Crippen LogP contribution in [0.3, 0.4) is 0 Å². The van der Waals surface area contributed by atoms with Crippen LogP contribution in [0.2, 0.25) is 0 Å². The Balaban J connectivity index is 1.59. The molecule has 0 saturated heterocycles. The third-order valence-electron chi connectivity index (χ3n) is 5.71. The zero-order chi connectivity index (χ0) is 19.2. The molecule has 1 aliphatic carbocycles. The van der Waals surface area contributed by atoms with Crippen molar-refractivity contribution in [2.24, 2.45) is 23.7 Å². The van der Waals surface area contributed by atoms with E-state index in [2.05, 4.69) is 43.9 Å². The van der Waals surface area contributed by atoms with Gasteiger partial charge in [0.2, 0.25) is 0 Å². The molecule has 0 spiro atoms. The molecule has 3 rings (SSSR count). The number of hydrogen-bond acceptors (Lipinski definition) is 3. The summed E-state index contributed by atoms with van der Waals surface area (Å²) in [4.78, 5) is 13.6. The number of benzene rings is 1. The molecule has 1 aromatic carbocycles. The molecule has 27 heavy (non-hydrogen) atoms. The van der Waals surface area contributed by atoms with Crippen LogP contribution < -0.4 is 0 Å². The maximum Gasteiger partial charge on any atom is 0.348 e. The molecule has 0 N–H and O–H groups in total. The quantitative estimate of drug-likeness (QED) is 0.483. The summed E-state index contributed by atoms with van der Waals surface area (Å²) in [6.45, 7) is 4.73. The van der Waals surface area contributed by atoms with Gasteiger partial charge in [-0.3, -0.25) is 0 Å². The van der Waals surface area contributed by atoms with Crippen molar-refractivity contribution in [3.63, 3.8) is 0 Å². The molecule has 2 aromatic rings. The zero-order valence-electron chi connectivity index (χ0n) is 16.4. The van der Waals surface area contributed by atoms with Crippen LogP contribution in [0.25, 0.3) is 0 Å².